The molecule has 0 saturated carbocycles. The first-order valence-corrected chi connectivity index (χ1v) is 11.9. The summed E-state index contributed by atoms with van der Waals surface area (Å²) in [6.45, 7) is 12.2. The van der Waals surface area contributed by atoms with E-state index in [0.29, 0.717) is 11.8 Å². The number of piperidine rings is 1. The fraction of sp³-hybridized carbons (Fsp3) is 0.826. The number of guanidine groups is 1. The maximum atomic E-state index is 5.83. The van der Waals surface area contributed by atoms with Gasteiger partial charge in [-0.2, -0.15) is 0 Å². The van der Waals surface area contributed by atoms with Crippen LogP contribution >= 0.6 is 0 Å². The number of nitrogens with zero attached hydrogens (tertiary/aromatic N) is 3. The number of hydrogen-bond donors (Lipinski definition) is 2. The largest absolute Gasteiger partial charge is 0.444 e. The summed E-state index contributed by atoms with van der Waals surface area (Å²) < 4.78 is 16.9. The Bertz CT molecular complexity index is 645. The van der Waals surface area contributed by atoms with Crippen molar-refractivity contribution < 1.29 is 13.9 Å². The van der Waals surface area contributed by atoms with Gasteiger partial charge in [-0.3, -0.25) is 9.89 Å². The van der Waals surface area contributed by atoms with Gasteiger partial charge in [-0.25, -0.2) is 4.98 Å². The van der Waals surface area contributed by atoms with Gasteiger partial charge in [0.15, 0.2) is 5.96 Å². The molecule has 0 radical (unpaired) electrons. The predicted molar refractivity (Wildman–Crippen MR) is 122 cm³/mol. The minimum Gasteiger partial charge on any atom is -0.444 e. The SMILES string of the molecule is CN=C(NCCCOCC1CCOCC1)NCC1CCN(Cc2nc(C)c(C)o2)CC1. The van der Waals surface area contributed by atoms with Gasteiger partial charge in [0, 0.05) is 46.6 Å². The molecule has 2 aliphatic heterocycles. The highest BCUT2D eigenvalue weighted by Gasteiger charge is 2.21. The van der Waals surface area contributed by atoms with Gasteiger partial charge in [0.2, 0.25) is 5.89 Å². The Hall–Kier alpha value is -1.64. The number of aliphatic imine (C=N–C) groups is 1. The van der Waals surface area contributed by atoms with Gasteiger partial charge >= 0.3 is 0 Å². The zero-order valence-corrected chi connectivity index (χ0v) is 19.6. The smallest absolute Gasteiger partial charge is 0.208 e. The highest BCUT2D eigenvalue weighted by atomic mass is 16.5. The van der Waals surface area contributed by atoms with E-state index in [1.54, 1.807) is 0 Å². The van der Waals surface area contributed by atoms with Crippen LogP contribution in [0.15, 0.2) is 9.41 Å². The summed E-state index contributed by atoms with van der Waals surface area (Å²) >= 11 is 0. The molecule has 2 saturated heterocycles. The number of likely N-dealkylation sites (tertiary alicyclic amines) is 1. The molecule has 2 N–H and O–H groups in total. The third kappa shape index (κ3) is 8.43. The Morgan fingerprint density at radius 2 is 1.90 bits per heavy atom. The van der Waals surface area contributed by atoms with E-state index in [1.807, 2.05) is 20.9 Å². The van der Waals surface area contributed by atoms with Crippen LogP contribution < -0.4 is 10.6 Å². The second kappa shape index (κ2) is 13.0. The number of ether oxygens (including phenoxy) is 2. The van der Waals surface area contributed by atoms with Crippen LogP contribution in [-0.4, -0.2) is 75.5 Å². The van der Waals surface area contributed by atoms with Crippen molar-refractivity contribution in [2.24, 2.45) is 16.8 Å². The molecule has 0 amide bonds. The van der Waals surface area contributed by atoms with Crippen molar-refractivity contribution in [3.63, 3.8) is 0 Å². The Labute approximate surface area is 187 Å². The second-order valence-electron chi connectivity index (χ2n) is 8.83. The third-order valence-corrected chi connectivity index (χ3v) is 6.37. The quantitative estimate of drug-likeness (QED) is 0.332. The molecule has 31 heavy (non-hydrogen) atoms. The molecule has 8 heteroatoms. The number of rotatable bonds is 10. The molecule has 8 nitrogen and oxygen atoms in total. The normalized spacial score (nSPS) is 19.6. The Kier molecular flexibility index (Phi) is 10.1. The average molecular weight is 436 g/mol. The highest BCUT2D eigenvalue weighted by molar-refractivity contribution is 5.79. The summed E-state index contributed by atoms with van der Waals surface area (Å²) in [7, 11) is 1.83. The highest BCUT2D eigenvalue weighted by Crippen LogP contribution is 2.19. The number of oxazole rings is 1. The van der Waals surface area contributed by atoms with E-state index in [2.05, 4.69) is 25.5 Å². The van der Waals surface area contributed by atoms with Gasteiger partial charge in [-0.05, 0) is 70.9 Å². The maximum absolute atomic E-state index is 5.83. The van der Waals surface area contributed by atoms with Crippen molar-refractivity contribution >= 4 is 5.96 Å². The first-order valence-electron chi connectivity index (χ1n) is 11.9. The molecule has 2 aliphatic rings. The molecule has 0 atom stereocenters. The van der Waals surface area contributed by atoms with Crippen LogP contribution in [0.1, 0.15) is 49.4 Å². The maximum Gasteiger partial charge on any atom is 0.208 e. The van der Waals surface area contributed by atoms with Crippen LogP contribution in [0.4, 0.5) is 0 Å². The van der Waals surface area contributed by atoms with E-state index in [1.165, 1.54) is 12.8 Å². The van der Waals surface area contributed by atoms with Gasteiger partial charge < -0.3 is 24.5 Å². The monoisotopic (exact) mass is 435 g/mol. The number of nitrogens with one attached hydrogen (secondary N) is 2. The minimum atomic E-state index is 0.672. The molecule has 0 aliphatic carbocycles. The summed E-state index contributed by atoms with van der Waals surface area (Å²) in [6.07, 6.45) is 5.62. The van der Waals surface area contributed by atoms with E-state index in [0.717, 1.165) is 102 Å². The van der Waals surface area contributed by atoms with Gasteiger partial charge in [0.25, 0.3) is 0 Å². The van der Waals surface area contributed by atoms with E-state index >= 15 is 0 Å². The van der Waals surface area contributed by atoms with Crippen molar-refractivity contribution in [3.05, 3.63) is 17.3 Å². The molecule has 1 aromatic rings. The molecule has 176 valence electrons. The van der Waals surface area contributed by atoms with E-state index in [4.69, 9.17) is 13.9 Å². The second-order valence-corrected chi connectivity index (χ2v) is 8.83. The van der Waals surface area contributed by atoms with Crippen LogP contribution in [0, 0.1) is 25.7 Å². The molecular formula is C23H41N5O3. The number of aromatic nitrogens is 1. The minimum absolute atomic E-state index is 0.672. The zero-order valence-electron chi connectivity index (χ0n) is 19.6. The summed E-state index contributed by atoms with van der Waals surface area (Å²) in [5.41, 5.74) is 0.999. The van der Waals surface area contributed by atoms with Gasteiger partial charge in [0.05, 0.1) is 12.2 Å². The Balaban J connectivity index is 1.22. The number of hydrogen-bond acceptors (Lipinski definition) is 6. The van der Waals surface area contributed by atoms with Gasteiger partial charge in [-0.15, -0.1) is 0 Å². The van der Waals surface area contributed by atoms with Crippen molar-refractivity contribution in [1.82, 2.24) is 20.5 Å². The predicted octanol–water partition coefficient (Wildman–Crippen LogP) is 2.50. The van der Waals surface area contributed by atoms with Crippen LogP contribution in [0.3, 0.4) is 0 Å². The van der Waals surface area contributed by atoms with E-state index in [9.17, 15) is 0 Å². The van der Waals surface area contributed by atoms with Crippen molar-refractivity contribution in [3.8, 4) is 0 Å². The Morgan fingerprint density at radius 3 is 2.58 bits per heavy atom. The van der Waals surface area contributed by atoms with Gasteiger partial charge in [0.1, 0.15) is 5.76 Å². The van der Waals surface area contributed by atoms with Crippen LogP contribution in [-0.2, 0) is 16.0 Å². The van der Waals surface area contributed by atoms with E-state index in [-0.39, 0.29) is 0 Å². The first kappa shape index (κ1) is 24.0. The van der Waals surface area contributed by atoms with Crippen molar-refractivity contribution in [2.45, 2.75) is 52.5 Å². The average Bonchev–Trinajstić information content (AvgIpc) is 3.11. The molecule has 0 bridgehead atoms. The topological polar surface area (TPSA) is 84.2 Å². The molecule has 3 rings (SSSR count). The summed E-state index contributed by atoms with van der Waals surface area (Å²) in [4.78, 5) is 11.3. The molecule has 0 aromatic carbocycles. The standard InChI is InChI=1S/C23H41N5O3/c1-18-19(2)31-22(27-18)16-28-10-5-20(6-11-28)15-26-23(24-3)25-9-4-12-30-17-21-7-13-29-14-8-21/h20-21H,4-17H2,1-3H3,(H2,24,25,26). The lowest BCUT2D eigenvalue weighted by molar-refractivity contribution is 0.0203. The lowest BCUT2D eigenvalue weighted by atomic mass is 9.97. The van der Waals surface area contributed by atoms with E-state index < -0.39 is 0 Å². The molecule has 1 aromatic heterocycles. The first-order chi connectivity index (χ1) is 15.1. The molecule has 0 spiro atoms. The van der Waals surface area contributed by atoms with Gasteiger partial charge in [-0.1, -0.05) is 0 Å². The summed E-state index contributed by atoms with van der Waals surface area (Å²) in [6, 6.07) is 0. The molecule has 2 fully saturated rings. The number of aryl methyl sites for hydroxylation is 2. The molecule has 3 heterocycles. The molecule has 0 unspecified atom stereocenters. The fourth-order valence-electron chi connectivity index (χ4n) is 4.15. The van der Waals surface area contributed by atoms with Crippen LogP contribution in [0.25, 0.3) is 0 Å². The lowest BCUT2D eigenvalue weighted by Gasteiger charge is -2.31. The van der Waals surface area contributed by atoms with Crippen molar-refractivity contribution in [2.75, 3.05) is 59.7 Å². The molecular weight excluding hydrogens is 394 g/mol. The third-order valence-electron chi connectivity index (χ3n) is 6.37. The lowest BCUT2D eigenvalue weighted by Crippen LogP contribution is -2.43. The van der Waals surface area contributed by atoms with Crippen molar-refractivity contribution in [1.29, 1.82) is 0 Å². The zero-order chi connectivity index (χ0) is 21.9. The summed E-state index contributed by atoms with van der Waals surface area (Å²) in [5, 5.41) is 6.90. The summed E-state index contributed by atoms with van der Waals surface area (Å²) in [5.74, 6) is 4.00. The Morgan fingerprint density at radius 1 is 1.13 bits per heavy atom. The van der Waals surface area contributed by atoms with Crippen LogP contribution in [0.2, 0.25) is 0 Å². The van der Waals surface area contributed by atoms with Crippen LogP contribution in [0.5, 0.6) is 0 Å². The fourth-order valence-corrected chi connectivity index (χ4v) is 4.15.